The zero-order valence-corrected chi connectivity index (χ0v) is 11.7. The number of hydrogen-bond acceptors (Lipinski definition) is 3. The molecule has 1 unspecified atom stereocenters. The van der Waals surface area contributed by atoms with Gasteiger partial charge in [0.25, 0.3) is 5.91 Å². The minimum absolute atomic E-state index is 0.147. The van der Waals surface area contributed by atoms with E-state index in [1.165, 1.54) is 6.42 Å². The van der Waals surface area contributed by atoms with E-state index in [1.807, 2.05) is 30.9 Å². The predicted molar refractivity (Wildman–Crippen MR) is 74.2 cm³/mol. The van der Waals surface area contributed by atoms with Gasteiger partial charge in [-0.1, -0.05) is 0 Å². The molecular weight excluding hydrogens is 238 g/mol. The molecule has 2 saturated heterocycles. The van der Waals surface area contributed by atoms with E-state index in [1.54, 1.807) is 0 Å². The molecule has 4 heteroatoms. The molecule has 2 aliphatic heterocycles. The number of hydrogen-bond donors (Lipinski definition) is 1. The van der Waals surface area contributed by atoms with Crippen molar-refractivity contribution < 1.29 is 4.79 Å². The highest BCUT2D eigenvalue weighted by atomic mass is 16.2. The Hall–Kier alpha value is -1.42. The maximum absolute atomic E-state index is 12.6. The normalized spacial score (nSPS) is 26.3. The Morgan fingerprint density at radius 1 is 1.37 bits per heavy atom. The molecule has 1 amide bonds. The van der Waals surface area contributed by atoms with E-state index >= 15 is 0 Å². The van der Waals surface area contributed by atoms with Crippen molar-refractivity contribution >= 4 is 5.91 Å². The first-order chi connectivity index (χ1) is 9.10. The maximum atomic E-state index is 12.6. The van der Waals surface area contributed by atoms with Gasteiger partial charge in [0, 0.05) is 30.7 Å². The predicted octanol–water partition coefficient (Wildman–Crippen LogP) is 1.52. The molecule has 4 nitrogen and oxygen atoms in total. The van der Waals surface area contributed by atoms with Gasteiger partial charge >= 0.3 is 0 Å². The molecule has 3 rings (SSSR count). The second-order valence-corrected chi connectivity index (χ2v) is 5.99. The Morgan fingerprint density at radius 2 is 2.21 bits per heavy atom. The highest BCUT2D eigenvalue weighted by Crippen LogP contribution is 2.36. The summed E-state index contributed by atoms with van der Waals surface area (Å²) >= 11 is 0. The largest absolute Gasteiger partial charge is 0.338 e. The third kappa shape index (κ3) is 2.25. The third-order valence-electron chi connectivity index (χ3n) is 4.51. The van der Waals surface area contributed by atoms with Crippen molar-refractivity contribution in [1.82, 2.24) is 15.2 Å². The van der Waals surface area contributed by atoms with Crippen LogP contribution >= 0.6 is 0 Å². The number of carbonyl (C=O) groups is 1. The van der Waals surface area contributed by atoms with Crippen LogP contribution in [-0.2, 0) is 0 Å². The summed E-state index contributed by atoms with van der Waals surface area (Å²) in [4.78, 5) is 19.0. The van der Waals surface area contributed by atoms with Crippen molar-refractivity contribution in [3.8, 4) is 0 Å². The van der Waals surface area contributed by atoms with Gasteiger partial charge in [0.2, 0.25) is 0 Å². The lowest BCUT2D eigenvalue weighted by Crippen LogP contribution is -2.33. The van der Waals surface area contributed by atoms with Gasteiger partial charge in [-0.05, 0) is 45.4 Å². The van der Waals surface area contributed by atoms with Crippen molar-refractivity contribution in [1.29, 1.82) is 0 Å². The van der Waals surface area contributed by atoms with Gasteiger partial charge in [-0.2, -0.15) is 0 Å². The Kier molecular flexibility index (Phi) is 3.05. The van der Waals surface area contributed by atoms with Crippen LogP contribution in [0.15, 0.2) is 12.1 Å². The van der Waals surface area contributed by atoms with Gasteiger partial charge in [-0.25, -0.2) is 0 Å². The van der Waals surface area contributed by atoms with Crippen molar-refractivity contribution in [2.75, 3.05) is 26.2 Å². The number of likely N-dealkylation sites (tertiary alicyclic amines) is 1. The third-order valence-corrected chi connectivity index (χ3v) is 4.51. The van der Waals surface area contributed by atoms with Crippen LogP contribution in [0.3, 0.4) is 0 Å². The number of carbonyl (C=O) groups excluding carboxylic acids is 1. The van der Waals surface area contributed by atoms with E-state index in [4.69, 9.17) is 0 Å². The van der Waals surface area contributed by atoms with Crippen LogP contribution in [0.1, 0.15) is 34.6 Å². The van der Waals surface area contributed by atoms with Gasteiger partial charge in [0.05, 0.1) is 11.3 Å². The van der Waals surface area contributed by atoms with Crippen molar-refractivity contribution in [2.45, 2.75) is 26.7 Å². The summed E-state index contributed by atoms with van der Waals surface area (Å²) in [5.74, 6) is 0.147. The van der Waals surface area contributed by atoms with E-state index < -0.39 is 0 Å². The molecule has 0 saturated carbocycles. The lowest BCUT2D eigenvalue weighted by atomic mass is 9.86. The van der Waals surface area contributed by atoms with Crippen LogP contribution in [-0.4, -0.2) is 42.0 Å². The number of amides is 1. The number of nitrogens with one attached hydrogen (secondary N) is 1. The highest BCUT2D eigenvalue weighted by molar-refractivity contribution is 5.95. The zero-order valence-electron chi connectivity index (χ0n) is 11.7. The monoisotopic (exact) mass is 259 g/mol. The summed E-state index contributed by atoms with van der Waals surface area (Å²) in [5, 5.41) is 3.42. The number of rotatable bonds is 1. The van der Waals surface area contributed by atoms with Crippen LogP contribution in [0.2, 0.25) is 0 Å². The van der Waals surface area contributed by atoms with E-state index in [0.29, 0.717) is 5.41 Å². The smallest absolute Gasteiger partial charge is 0.255 e. The fourth-order valence-corrected chi connectivity index (χ4v) is 3.34. The SMILES string of the molecule is Cc1ccc(C(=O)N2CCC3(CCNC3)C2)c(C)n1. The standard InChI is InChI=1S/C15H21N3O/c1-11-3-4-13(12(2)17-11)14(19)18-8-6-15(10-18)5-7-16-9-15/h3-4,16H,5-10H2,1-2H3. The molecule has 2 fully saturated rings. The molecule has 1 aromatic heterocycles. The van der Waals surface area contributed by atoms with E-state index in [2.05, 4.69) is 10.3 Å². The maximum Gasteiger partial charge on any atom is 0.255 e. The van der Waals surface area contributed by atoms with Crippen LogP contribution in [0.5, 0.6) is 0 Å². The molecular formula is C15H21N3O. The number of aromatic nitrogens is 1. The van der Waals surface area contributed by atoms with Crippen LogP contribution in [0, 0.1) is 19.3 Å². The summed E-state index contributed by atoms with van der Waals surface area (Å²) in [7, 11) is 0. The molecule has 19 heavy (non-hydrogen) atoms. The summed E-state index contributed by atoms with van der Waals surface area (Å²) in [6.45, 7) is 7.80. The van der Waals surface area contributed by atoms with Gasteiger partial charge in [0.15, 0.2) is 0 Å². The quantitative estimate of drug-likeness (QED) is 0.832. The lowest BCUT2D eigenvalue weighted by Gasteiger charge is -2.23. The van der Waals surface area contributed by atoms with Crippen molar-refractivity contribution in [2.24, 2.45) is 5.41 Å². The Balaban J connectivity index is 1.78. The molecule has 1 atom stereocenters. The van der Waals surface area contributed by atoms with E-state index in [9.17, 15) is 4.79 Å². The topological polar surface area (TPSA) is 45.2 Å². The fraction of sp³-hybridized carbons (Fsp3) is 0.600. The summed E-state index contributed by atoms with van der Waals surface area (Å²) < 4.78 is 0. The molecule has 1 aromatic rings. The van der Waals surface area contributed by atoms with Gasteiger partial charge in [-0.15, -0.1) is 0 Å². The summed E-state index contributed by atoms with van der Waals surface area (Å²) in [6, 6.07) is 3.83. The first-order valence-corrected chi connectivity index (χ1v) is 7.04. The lowest BCUT2D eigenvalue weighted by molar-refractivity contribution is 0.0774. The zero-order chi connectivity index (χ0) is 13.5. The average molecular weight is 259 g/mol. The average Bonchev–Trinajstić information content (AvgIpc) is 3.00. The van der Waals surface area contributed by atoms with Crippen LogP contribution < -0.4 is 5.32 Å². The first kappa shape index (κ1) is 12.6. The molecule has 2 aliphatic rings. The molecule has 3 heterocycles. The summed E-state index contributed by atoms with van der Waals surface area (Å²) in [5.41, 5.74) is 2.90. The molecule has 1 N–H and O–H groups in total. The van der Waals surface area contributed by atoms with Gasteiger partial charge in [-0.3, -0.25) is 9.78 Å². The summed E-state index contributed by atoms with van der Waals surface area (Å²) in [6.07, 6.45) is 2.33. The molecule has 0 aliphatic carbocycles. The minimum atomic E-state index is 0.147. The van der Waals surface area contributed by atoms with Crippen molar-refractivity contribution in [3.63, 3.8) is 0 Å². The van der Waals surface area contributed by atoms with Gasteiger partial charge < -0.3 is 10.2 Å². The van der Waals surface area contributed by atoms with Crippen LogP contribution in [0.25, 0.3) is 0 Å². The Labute approximate surface area is 114 Å². The first-order valence-electron chi connectivity index (χ1n) is 7.04. The Bertz CT molecular complexity index is 506. The van der Waals surface area contributed by atoms with E-state index in [-0.39, 0.29) is 5.91 Å². The molecule has 0 bridgehead atoms. The fourth-order valence-electron chi connectivity index (χ4n) is 3.34. The van der Waals surface area contributed by atoms with E-state index in [0.717, 1.165) is 49.6 Å². The number of nitrogens with zero attached hydrogens (tertiary/aromatic N) is 2. The number of aryl methyl sites for hydroxylation is 2. The van der Waals surface area contributed by atoms with Crippen molar-refractivity contribution in [3.05, 3.63) is 29.1 Å². The molecule has 1 spiro atoms. The minimum Gasteiger partial charge on any atom is -0.338 e. The second-order valence-electron chi connectivity index (χ2n) is 5.99. The molecule has 0 aromatic carbocycles. The van der Waals surface area contributed by atoms with Crippen LogP contribution in [0.4, 0.5) is 0 Å². The molecule has 0 radical (unpaired) electrons. The number of pyridine rings is 1. The Morgan fingerprint density at radius 3 is 2.89 bits per heavy atom. The molecule has 102 valence electrons. The highest BCUT2D eigenvalue weighted by Gasteiger charge is 2.42. The van der Waals surface area contributed by atoms with Gasteiger partial charge in [0.1, 0.15) is 0 Å². The second kappa shape index (κ2) is 4.60.